The van der Waals surface area contributed by atoms with Crippen molar-refractivity contribution in [3.63, 3.8) is 0 Å². The number of halogens is 3. The molecule has 1 aromatic heterocycles. The normalized spacial score (nSPS) is 10.7. The van der Waals surface area contributed by atoms with E-state index in [4.69, 9.17) is 5.73 Å². The first-order chi connectivity index (χ1) is 6.60. The van der Waals surface area contributed by atoms with Crippen molar-refractivity contribution in [1.29, 1.82) is 0 Å². The van der Waals surface area contributed by atoms with Gasteiger partial charge < -0.3 is 10.5 Å². The van der Waals surface area contributed by atoms with Crippen LogP contribution >= 0.6 is 0 Å². The van der Waals surface area contributed by atoms with Gasteiger partial charge in [0.05, 0.1) is 12.7 Å². The Morgan fingerprint density at radius 3 is 2.64 bits per heavy atom. The van der Waals surface area contributed by atoms with Crippen LogP contribution in [0, 0.1) is 5.95 Å². The molecule has 1 aromatic rings. The maximum atomic E-state index is 12.9. The Balaban J connectivity index is 3.23. The van der Waals surface area contributed by atoms with E-state index in [0.717, 1.165) is 6.07 Å². The molecule has 3 nitrogen and oxygen atoms in total. The Bertz CT molecular complexity index is 331. The first kappa shape index (κ1) is 10.8. The number of hydrogen-bond acceptors (Lipinski definition) is 3. The van der Waals surface area contributed by atoms with Crippen molar-refractivity contribution < 1.29 is 17.9 Å². The highest BCUT2D eigenvalue weighted by atomic mass is 19.3. The SMILES string of the molecule is COc1nc(F)c(C(F)F)cc1CN. The van der Waals surface area contributed by atoms with Gasteiger partial charge in [0, 0.05) is 12.1 Å². The lowest BCUT2D eigenvalue weighted by molar-refractivity contribution is 0.144. The van der Waals surface area contributed by atoms with Crippen molar-refractivity contribution in [3.05, 3.63) is 23.1 Å². The van der Waals surface area contributed by atoms with E-state index in [2.05, 4.69) is 9.72 Å². The molecule has 0 atom stereocenters. The molecule has 78 valence electrons. The van der Waals surface area contributed by atoms with Crippen LogP contribution in [0.15, 0.2) is 6.07 Å². The lowest BCUT2D eigenvalue weighted by Crippen LogP contribution is -2.06. The first-order valence-electron chi connectivity index (χ1n) is 3.81. The van der Waals surface area contributed by atoms with Crippen LogP contribution in [-0.2, 0) is 6.54 Å². The number of nitrogens with zero attached hydrogens (tertiary/aromatic N) is 1. The molecule has 1 rings (SSSR count). The molecule has 0 amide bonds. The predicted octanol–water partition coefficient (Wildman–Crippen LogP) is 1.63. The van der Waals surface area contributed by atoms with E-state index in [9.17, 15) is 13.2 Å². The molecule has 0 unspecified atom stereocenters. The van der Waals surface area contributed by atoms with Gasteiger partial charge in [0.1, 0.15) is 0 Å². The molecule has 0 radical (unpaired) electrons. The average molecular weight is 206 g/mol. The van der Waals surface area contributed by atoms with Crippen molar-refractivity contribution in [1.82, 2.24) is 4.98 Å². The molecule has 0 saturated carbocycles. The first-order valence-corrected chi connectivity index (χ1v) is 3.81. The lowest BCUT2D eigenvalue weighted by Gasteiger charge is -2.08. The highest BCUT2D eigenvalue weighted by molar-refractivity contribution is 5.31. The molecular formula is C8H9F3N2O. The second kappa shape index (κ2) is 4.28. The van der Waals surface area contributed by atoms with Gasteiger partial charge in [0.2, 0.25) is 11.8 Å². The van der Waals surface area contributed by atoms with E-state index < -0.39 is 17.9 Å². The number of methoxy groups -OCH3 is 1. The Kier molecular flexibility index (Phi) is 3.29. The standard InChI is InChI=1S/C8H9F3N2O/c1-14-8-4(3-12)2-5(6(9)10)7(11)13-8/h2,6H,3,12H2,1H3. The molecule has 0 bridgehead atoms. The van der Waals surface area contributed by atoms with Gasteiger partial charge in [-0.3, -0.25) is 0 Å². The van der Waals surface area contributed by atoms with Crippen molar-refractivity contribution in [2.45, 2.75) is 13.0 Å². The molecule has 14 heavy (non-hydrogen) atoms. The van der Waals surface area contributed by atoms with Crippen LogP contribution in [-0.4, -0.2) is 12.1 Å². The molecule has 0 aliphatic heterocycles. The summed E-state index contributed by atoms with van der Waals surface area (Å²) in [7, 11) is 1.27. The zero-order valence-electron chi connectivity index (χ0n) is 7.43. The number of pyridine rings is 1. The highest BCUT2D eigenvalue weighted by Crippen LogP contribution is 2.25. The lowest BCUT2D eigenvalue weighted by atomic mass is 10.2. The van der Waals surface area contributed by atoms with Crippen LogP contribution in [0.25, 0.3) is 0 Å². The minimum atomic E-state index is -2.90. The van der Waals surface area contributed by atoms with Crippen LogP contribution in [0.2, 0.25) is 0 Å². The number of nitrogens with two attached hydrogens (primary N) is 1. The van der Waals surface area contributed by atoms with Gasteiger partial charge in [-0.1, -0.05) is 0 Å². The molecule has 0 saturated heterocycles. The second-order valence-corrected chi connectivity index (χ2v) is 2.54. The summed E-state index contributed by atoms with van der Waals surface area (Å²) in [6.07, 6.45) is -2.90. The average Bonchev–Trinajstić information content (AvgIpc) is 2.16. The quantitative estimate of drug-likeness (QED) is 0.764. The van der Waals surface area contributed by atoms with Crippen molar-refractivity contribution >= 4 is 0 Å². The van der Waals surface area contributed by atoms with Crippen molar-refractivity contribution in [2.75, 3.05) is 7.11 Å². The minimum Gasteiger partial charge on any atom is -0.481 e. The van der Waals surface area contributed by atoms with Gasteiger partial charge in [-0.15, -0.1) is 0 Å². The van der Waals surface area contributed by atoms with Crippen LogP contribution in [0.3, 0.4) is 0 Å². The summed E-state index contributed by atoms with van der Waals surface area (Å²) >= 11 is 0. The summed E-state index contributed by atoms with van der Waals surface area (Å²) in [6, 6.07) is 0.964. The van der Waals surface area contributed by atoms with Crippen LogP contribution in [0.1, 0.15) is 17.6 Å². The fraction of sp³-hybridized carbons (Fsp3) is 0.375. The third kappa shape index (κ3) is 1.95. The third-order valence-corrected chi connectivity index (χ3v) is 1.69. The summed E-state index contributed by atoms with van der Waals surface area (Å²) in [5.74, 6) is -1.29. The monoisotopic (exact) mass is 206 g/mol. The molecular weight excluding hydrogens is 197 g/mol. The van der Waals surface area contributed by atoms with E-state index in [1.807, 2.05) is 0 Å². The van der Waals surface area contributed by atoms with Crippen molar-refractivity contribution in [3.8, 4) is 5.88 Å². The fourth-order valence-electron chi connectivity index (χ4n) is 1.01. The summed E-state index contributed by atoms with van der Waals surface area (Å²) in [4.78, 5) is 3.23. The largest absolute Gasteiger partial charge is 0.481 e. The number of alkyl halides is 2. The Labute approximate surface area is 78.7 Å². The Morgan fingerprint density at radius 2 is 2.21 bits per heavy atom. The summed E-state index contributed by atoms with van der Waals surface area (Å²) in [6.45, 7) is -0.0316. The van der Waals surface area contributed by atoms with E-state index in [1.54, 1.807) is 0 Å². The van der Waals surface area contributed by atoms with Crippen molar-refractivity contribution in [2.24, 2.45) is 5.73 Å². The number of aromatic nitrogens is 1. The minimum absolute atomic E-state index is 0.0316. The zero-order chi connectivity index (χ0) is 10.7. The fourth-order valence-corrected chi connectivity index (χ4v) is 1.01. The summed E-state index contributed by atoms with van der Waals surface area (Å²) in [5.41, 5.74) is 4.75. The van der Waals surface area contributed by atoms with E-state index in [1.165, 1.54) is 7.11 Å². The summed E-state index contributed by atoms with van der Waals surface area (Å²) < 4.78 is 42.0. The maximum absolute atomic E-state index is 12.9. The van der Waals surface area contributed by atoms with Crippen LogP contribution in [0.4, 0.5) is 13.2 Å². The van der Waals surface area contributed by atoms with E-state index in [0.29, 0.717) is 0 Å². The number of rotatable bonds is 3. The third-order valence-electron chi connectivity index (χ3n) is 1.69. The molecule has 6 heteroatoms. The van der Waals surface area contributed by atoms with Crippen LogP contribution < -0.4 is 10.5 Å². The summed E-state index contributed by atoms with van der Waals surface area (Å²) in [5, 5.41) is 0. The van der Waals surface area contributed by atoms with Gasteiger partial charge in [0.25, 0.3) is 6.43 Å². The van der Waals surface area contributed by atoms with Gasteiger partial charge in [-0.05, 0) is 6.07 Å². The smallest absolute Gasteiger partial charge is 0.268 e. The Hall–Kier alpha value is -1.30. The molecule has 0 aliphatic rings. The molecule has 2 N–H and O–H groups in total. The molecule has 1 heterocycles. The molecule has 0 aromatic carbocycles. The van der Waals surface area contributed by atoms with Gasteiger partial charge in [0.15, 0.2) is 0 Å². The van der Waals surface area contributed by atoms with Crippen LogP contribution in [0.5, 0.6) is 5.88 Å². The highest BCUT2D eigenvalue weighted by Gasteiger charge is 2.18. The molecule has 0 spiro atoms. The zero-order valence-corrected chi connectivity index (χ0v) is 7.43. The molecule has 0 fully saturated rings. The van der Waals surface area contributed by atoms with Gasteiger partial charge >= 0.3 is 0 Å². The van der Waals surface area contributed by atoms with Gasteiger partial charge in [-0.2, -0.15) is 9.37 Å². The predicted molar refractivity (Wildman–Crippen MR) is 43.6 cm³/mol. The topological polar surface area (TPSA) is 48.1 Å². The van der Waals surface area contributed by atoms with E-state index in [-0.39, 0.29) is 18.0 Å². The van der Waals surface area contributed by atoms with Gasteiger partial charge in [-0.25, -0.2) is 8.78 Å². The van der Waals surface area contributed by atoms with E-state index >= 15 is 0 Å². The number of ether oxygens (including phenoxy) is 1. The Morgan fingerprint density at radius 1 is 1.57 bits per heavy atom. The number of hydrogen-bond donors (Lipinski definition) is 1. The maximum Gasteiger partial charge on any atom is 0.268 e. The molecule has 0 aliphatic carbocycles. The second-order valence-electron chi connectivity index (χ2n) is 2.54.